The Hall–Kier alpha value is -4.85. The van der Waals surface area contributed by atoms with Crippen LogP contribution in [0.5, 0.6) is 17.2 Å². The molecule has 3 aromatic heterocycles. The number of halogens is 1. The molecule has 2 aromatic carbocycles. The van der Waals surface area contributed by atoms with Gasteiger partial charge in [-0.3, -0.25) is 14.6 Å². The van der Waals surface area contributed by atoms with E-state index in [1.54, 1.807) is 25.1 Å². The van der Waals surface area contributed by atoms with Crippen LogP contribution in [0.15, 0.2) is 71.8 Å². The number of rotatable bonds is 8. The van der Waals surface area contributed by atoms with Crippen LogP contribution in [0.25, 0.3) is 22.2 Å². The van der Waals surface area contributed by atoms with Crippen molar-refractivity contribution in [3.8, 4) is 28.4 Å². The number of hydrogen-bond acceptors (Lipinski definition) is 6. The van der Waals surface area contributed by atoms with E-state index < -0.39 is 11.6 Å². The highest BCUT2D eigenvalue weighted by molar-refractivity contribution is 5.99. The van der Waals surface area contributed by atoms with Crippen molar-refractivity contribution in [2.24, 2.45) is 0 Å². The van der Waals surface area contributed by atoms with Crippen molar-refractivity contribution < 1.29 is 18.7 Å². The molecular weight excluding hydrogens is 521 g/mol. The van der Waals surface area contributed by atoms with Gasteiger partial charge in [-0.05, 0) is 48.6 Å². The predicted molar refractivity (Wildman–Crippen MR) is 157 cm³/mol. The van der Waals surface area contributed by atoms with Crippen molar-refractivity contribution in [1.29, 1.82) is 0 Å². The predicted octanol–water partition coefficient (Wildman–Crippen LogP) is 7.09. The summed E-state index contributed by atoms with van der Waals surface area (Å²) in [6.45, 7) is 7.73. The molecule has 8 heteroatoms. The molecule has 5 aromatic rings. The van der Waals surface area contributed by atoms with Gasteiger partial charge in [-0.15, -0.1) is 0 Å². The number of pyridine rings is 3. The van der Waals surface area contributed by atoms with E-state index in [0.29, 0.717) is 51.0 Å². The molecule has 0 aliphatic carbocycles. The van der Waals surface area contributed by atoms with E-state index in [4.69, 9.17) is 9.47 Å². The SMILES string of the molecule is COc1cnc2c(Oc3ccc(CC(=O)c4c(C)[nH]c(C)c(-c5ccc(C(C)C)cc5)c4=O)cc3F)ccnc2c1. The second-order valence-electron chi connectivity index (χ2n) is 10.2. The van der Waals surface area contributed by atoms with Gasteiger partial charge in [-0.1, -0.05) is 44.2 Å². The fourth-order valence-corrected chi connectivity index (χ4v) is 4.90. The number of aromatic nitrogens is 3. The van der Waals surface area contributed by atoms with Crippen LogP contribution >= 0.6 is 0 Å². The van der Waals surface area contributed by atoms with Crippen LogP contribution in [0.4, 0.5) is 4.39 Å². The zero-order valence-electron chi connectivity index (χ0n) is 23.5. The highest BCUT2D eigenvalue weighted by Crippen LogP contribution is 2.31. The number of fused-ring (bicyclic) bond motifs is 1. The monoisotopic (exact) mass is 551 g/mol. The molecule has 0 radical (unpaired) electrons. The number of hydrogen-bond donors (Lipinski definition) is 1. The lowest BCUT2D eigenvalue weighted by atomic mass is 9.94. The third-order valence-corrected chi connectivity index (χ3v) is 7.06. The van der Waals surface area contributed by atoms with Gasteiger partial charge >= 0.3 is 0 Å². The van der Waals surface area contributed by atoms with Crippen molar-refractivity contribution in [2.45, 2.75) is 40.0 Å². The van der Waals surface area contributed by atoms with Crippen LogP contribution in [0, 0.1) is 19.7 Å². The first-order valence-corrected chi connectivity index (χ1v) is 13.3. The minimum atomic E-state index is -0.644. The van der Waals surface area contributed by atoms with E-state index in [0.717, 1.165) is 11.1 Å². The molecule has 0 fully saturated rings. The number of H-pyrrole nitrogens is 1. The lowest BCUT2D eigenvalue weighted by Crippen LogP contribution is -2.22. The minimum absolute atomic E-state index is 0.0252. The molecule has 0 saturated carbocycles. The molecule has 0 amide bonds. The Morgan fingerprint density at radius 2 is 1.73 bits per heavy atom. The summed E-state index contributed by atoms with van der Waals surface area (Å²) in [6.07, 6.45) is 2.93. The zero-order chi connectivity index (χ0) is 29.3. The summed E-state index contributed by atoms with van der Waals surface area (Å²) >= 11 is 0. The summed E-state index contributed by atoms with van der Waals surface area (Å²) in [6, 6.07) is 15.4. The summed E-state index contributed by atoms with van der Waals surface area (Å²) in [4.78, 5) is 38.7. The van der Waals surface area contributed by atoms with Crippen molar-refractivity contribution in [3.05, 3.63) is 111 Å². The lowest BCUT2D eigenvalue weighted by molar-refractivity contribution is 0.0991. The fraction of sp³-hybridized carbons (Fsp3) is 0.212. The van der Waals surface area contributed by atoms with Crippen molar-refractivity contribution >= 4 is 16.8 Å². The van der Waals surface area contributed by atoms with Crippen LogP contribution in [-0.2, 0) is 6.42 Å². The molecule has 0 bridgehead atoms. The molecule has 5 rings (SSSR count). The normalized spacial score (nSPS) is 11.2. The van der Waals surface area contributed by atoms with Gasteiger partial charge in [0.25, 0.3) is 0 Å². The summed E-state index contributed by atoms with van der Waals surface area (Å²) in [7, 11) is 1.53. The number of nitrogens with zero attached hydrogens (tertiary/aromatic N) is 2. The molecule has 208 valence electrons. The lowest BCUT2D eigenvalue weighted by Gasteiger charge is -2.13. The highest BCUT2D eigenvalue weighted by Gasteiger charge is 2.21. The number of aryl methyl sites for hydroxylation is 2. The first-order valence-electron chi connectivity index (χ1n) is 13.3. The van der Waals surface area contributed by atoms with E-state index in [-0.39, 0.29) is 23.2 Å². The van der Waals surface area contributed by atoms with E-state index in [9.17, 15) is 9.59 Å². The third kappa shape index (κ3) is 5.59. The van der Waals surface area contributed by atoms with Gasteiger partial charge in [0.2, 0.25) is 5.43 Å². The van der Waals surface area contributed by atoms with Gasteiger partial charge in [0.15, 0.2) is 23.1 Å². The number of ether oxygens (including phenoxy) is 2. The van der Waals surface area contributed by atoms with Crippen molar-refractivity contribution in [2.75, 3.05) is 7.11 Å². The third-order valence-electron chi connectivity index (χ3n) is 7.06. The quantitative estimate of drug-likeness (QED) is 0.207. The van der Waals surface area contributed by atoms with Crippen molar-refractivity contribution in [1.82, 2.24) is 15.0 Å². The number of methoxy groups -OCH3 is 1. The topological polar surface area (TPSA) is 94.2 Å². The van der Waals surface area contributed by atoms with Gasteiger partial charge < -0.3 is 14.5 Å². The van der Waals surface area contributed by atoms with E-state index in [1.807, 2.05) is 31.2 Å². The van der Waals surface area contributed by atoms with E-state index >= 15 is 4.39 Å². The van der Waals surface area contributed by atoms with Gasteiger partial charge in [-0.25, -0.2) is 9.37 Å². The number of Topliss-reactive ketones (excluding diaryl/α,β-unsaturated/α-hetero) is 1. The maximum Gasteiger partial charge on any atom is 0.200 e. The van der Waals surface area contributed by atoms with Crippen LogP contribution in [0.2, 0.25) is 0 Å². The molecule has 0 spiro atoms. The second-order valence-corrected chi connectivity index (χ2v) is 10.2. The Morgan fingerprint density at radius 1 is 0.976 bits per heavy atom. The van der Waals surface area contributed by atoms with Gasteiger partial charge in [0.05, 0.1) is 24.4 Å². The summed E-state index contributed by atoms with van der Waals surface area (Å²) < 4.78 is 26.1. The number of benzene rings is 2. The van der Waals surface area contributed by atoms with Gasteiger partial charge in [-0.2, -0.15) is 0 Å². The number of carbonyl (C=O) groups is 1. The molecule has 0 saturated heterocycles. The number of nitrogens with one attached hydrogen (secondary N) is 1. The first-order chi connectivity index (χ1) is 19.7. The molecule has 0 aliphatic rings. The van der Waals surface area contributed by atoms with E-state index in [1.165, 1.54) is 31.6 Å². The van der Waals surface area contributed by atoms with E-state index in [2.05, 4.69) is 28.8 Å². The highest BCUT2D eigenvalue weighted by atomic mass is 19.1. The molecule has 7 nitrogen and oxygen atoms in total. The summed E-state index contributed by atoms with van der Waals surface area (Å²) in [5.74, 6) is 0.171. The smallest absolute Gasteiger partial charge is 0.200 e. The van der Waals surface area contributed by atoms with Crippen LogP contribution < -0.4 is 14.9 Å². The molecule has 0 unspecified atom stereocenters. The first kappa shape index (κ1) is 27.7. The average molecular weight is 552 g/mol. The molecule has 41 heavy (non-hydrogen) atoms. The Kier molecular flexibility index (Phi) is 7.66. The molecule has 3 heterocycles. The Labute approximate surface area is 237 Å². The zero-order valence-corrected chi connectivity index (χ0v) is 23.5. The average Bonchev–Trinajstić information content (AvgIpc) is 2.94. The minimum Gasteiger partial charge on any atom is -0.495 e. The molecule has 1 N–H and O–H groups in total. The maximum atomic E-state index is 15.1. The fourth-order valence-electron chi connectivity index (χ4n) is 4.90. The largest absolute Gasteiger partial charge is 0.495 e. The number of carbonyl (C=O) groups excluding carboxylic acids is 1. The molecule has 0 aliphatic heterocycles. The molecule has 0 atom stereocenters. The van der Waals surface area contributed by atoms with Gasteiger partial charge in [0.1, 0.15) is 11.3 Å². The summed E-state index contributed by atoms with van der Waals surface area (Å²) in [5.41, 5.74) is 4.68. The maximum absolute atomic E-state index is 15.1. The van der Waals surface area contributed by atoms with Crippen LogP contribution in [-0.4, -0.2) is 27.8 Å². The molecular formula is C33H30FN3O4. The Balaban J connectivity index is 1.40. The van der Waals surface area contributed by atoms with Crippen LogP contribution in [0.3, 0.4) is 0 Å². The van der Waals surface area contributed by atoms with Crippen molar-refractivity contribution in [3.63, 3.8) is 0 Å². The van der Waals surface area contributed by atoms with Gasteiger partial charge in [0, 0.05) is 41.7 Å². The standard InChI is InChI=1S/C33H30FN3O4/c1-18(2)22-7-9-23(10-8-22)30-19(3)37-20(4)31(33(30)39)27(38)15-21-6-11-28(25(34)14-21)41-29-12-13-35-26-16-24(40-5)17-36-32(26)29/h6-14,16-18H,15H2,1-5H3,(H,37,39). The number of ketones is 1. The van der Waals surface area contributed by atoms with Crippen LogP contribution in [0.1, 0.15) is 52.6 Å². The summed E-state index contributed by atoms with van der Waals surface area (Å²) in [5, 5.41) is 0. The second kappa shape index (κ2) is 11.3. The Morgan fingerprint density at radius 3 is 2.41 bits per heavy atom. The Bertz CT molecular complexity index is 1830. The number of aromatic amines is 1.